The fourth-order valence-electron chi connectivity index (χ4n) is 8.46. The van der Waals surface area contributed by atoms with Gasteiger partial charge in [-0.05, 0) is 151 Å². The molecule has 63 heavy (non-hydrogen) atoms. The lowest BCUT2D eigenvalue weighted by molar-refractivity contribution is -0.129. The predicted octanol–water partition coefficient (Wildman–Crippen LogP) is 9.69. The van der Waals surface area contributed by atoms with Crippen LogP contribution in [0.4, 0.5) is 15.3 Å². The molecule has 1 atom stereocenters. The number of carbonyl (C=O) groups excluding carboxylic acids is 5. The summed E-state index contributed by atoms with van der Waals surface area (Å²) in [5.41, 5.74) is 5.88. The first-order chi connectivity index (χ1) is 29.9. The van der Waals surface area contributed by atoms with Crippen molar-refractivity contribution in [2.45, 2.75) is 123 Å². The van der Waals surface area contributed by atoms with Gasteiger partial charge in [0.05, 0.1) is 5.70 Å². The number of ether oxygens (including phenoxy) is 2. The minimum atomic E-state index is -0.583. The molecule has 2 fully saturated rings. The van der Waals surface area contributed by atoms with Crippen LogP contribution < -0.4 is 16.0 Å². The number of piperidine rings is 1. The number of nitrogens with zero attached hydrogens (tertiary/aromatic N) is 2. The molecule has 6 rings (SSSR count). The third-order valence-electron chi connectivity index (χ3n) is 11.9. The normalized spacial score (nSPS) is 18.5. The number of anilines is 1. The number of aryl methyl sites for hydroxylation is 1. The predicted molar refractivity (Wildman–Crippen MR) is 248 cm³/mol. The van der Waals surface area contributed by atoms with Crippen molar-refractivity contribution in [1.29, 1.82) is 0 Å². The molecule has 3 aromatic rings. The molecule has 2 heterocycles. The Morgan fingerprint density at radius 3 is 2.05 bits per heavy atom. The molecule has 0 unspecified atom stereocenters. The van der Waals surface area contributed by atoms with Crippen LogP contribution in [0, 0.1) is 24.7 Å². The number of hydrogen-bond donors (Lipinski definition) is 3. The topological polar surface area (TPSA) is 156 Å². The standard InChI is InChI=1S/C51H65N5O7/c1-33-29-39(46(58)55-42-24-27-56(28-25-42)49(61)63-51(5,6)7)20-23-43(33)36-14-10-34(11-15-36)30-40(47(59)54-41-21-18-37(19-22-41)44-9-8-26-52-44)31-45(57)38-16-12-35(13-17-38)32-53-48(60)62-50(2,3)4/h9-11,14-15,18-23,26,29,35,38,40,42H,8,12-13,16-17,24-25,27-28,30-32H2,1-7H3,(H,53,60)(H,54,59)(H,55,58)/t35?,38?,40-/m1/s1. The molecular weight excluding hydrogens is 795 g/mol. The number of alkyl carbamates (subject to hydrolysis) is 1. The van der Waals surface area contributed by atoms with E-state index in [0.29, 0.717) is 50.1 Å². The van der Waals surface area contributed by atoms with E-state index in [1.54, 1.807) is 4.90 Å². The maximum atomic E-state index is 14.0. The van der Waals surface area contributed by atoms with Crippen LogP contribution in [0.2, 0.25) is 0 Å². The Hall–Kier alpha value is -5.78. The highest BCUT2D eigenvalue weighted by molar-refractivity contribution is 5.97. The number of amides is 4. The van der Waals surface area contributed by atoms with Crippen molar-refractivity contribution in [3.63, 3.8) is 0 Å². The number of hydrogen-bond acceptors (Lipinski definition) is 8. The van der Waals surface area contributed by atoms with Gasteiger partial charge in [-0.25, -0.2) is 9.59 Å². The molecule has 0 bridgehead atoms. The molecule has 3 N–H and O–H groups in total. The van der Waals surface area contributed by atoms with E-state index in [-0.39, 0.29) is 48.0 Å². The van der Waals surface area contributed by atoms with Crippen LogP contribution in [0.5, 0.6) is 0 Å². The fraction of sp³-hybridized carbons (Fsp3) is 0.490. The van der Waals surface area contributed by atoms with Crippen molar-refractivity contribution in [2.24, 2.45) is 22.7 Å². The Labute approximate surface area is 372 Å². The van der Waals surface area contributed by atoms with Gasteiger partial charge in [0.1, 0.15) is 17.0 Å². The summed E-state index contributed by atoms with van der Waals surface area (Å²) in [6.07, 6.45) is 8.89. The molecule has 12 nitrogen and oxygen atoms in total. The van der Waals surface area contributed by atoms with Crippen molar-refractivity contribution >= 4 is 47.4 Å². The molecule has 3 aliphatic rings. The highest BCUT2D eigenvalue weighted by atomic mass is 16.6. The summed E-state index contributed by atoms with van der Waals surface area (Å²) in [6, 6.07) is 21.4. The number of Topliss-reactive ketones (excluding diaryl/α,β-unsaturated/α-hetero) is 1. The highest BCUT2D eigenvalue weighted by Gasteiger charge is 2.32. The summed E-state index contributed by atoms with van der Waals surface area (Å²) in [7, 11) is 0. The maximum absolute atomic E-state index is 14.0. The van der Waals surface area contributed by atoms with E-state index in [0.717, 1.165) is 65.6 Å². The minimum absolute atomic E-state index is 0.0325. The number of rotatable bonds is 13. The lowest BCUT2D eigenvalue weighted by Gasteiger charge is -2.33. The van der Waals surface area contributed by atoms with Crippen LogP contribution in [0.25, 0.3) is 16.8 Å². The summed E-state index contributed by atoms with van der Waals surface area (Å²) in [6.45, 7) is 14.6. The van der Waals surface area contributed by atoms with E-state index in [4.69, 9.17) is 9.47 Å². The molecule has 1 saturated carbocycles. The van der Waals surface area contributed by atoms with Gasteiger partial charge in [0, 0.05) is 67.8 Å². The van der Waals surface area contributed by atoms with Crippen molar-refractivity contribution in [1.82, 2.24) is 15.5 Å². The smallest absolute Gasteiger partial charge is 0.410 e. The van der Waals surface area contributed by atoms with Gasteiger partial charge in [-0.3, -0.25) is 19.4 Å². The third-order valence-corrected chi connectivity index (χ3v) is 11.9. The van der Waals surface area contributed by atoms with Crippen molar-refractivity contribution in [3.8, 4) is 11.1 Å². The van der Waals surface area contributed by atoms with Crippen molar-refractivity contribution < 1.29 is 33.4 Å². The molecule has 12 heteroatoms. The molecule has 1 saturated heterocycles. The number of nitrogens with one attached hydrogen (secondary N) is 3. The van der Waals surface area contributed by atoms with Crippen LogP contribution >= 0.6 is 0 Å². The SMILES string of the molecule is Cc1cc(C(=O)NC2CCN(C(=O)OC(C)(C)C)CC2)ccc1-c1ccc(C[C@H](CC(=O)C2CCC(CNC(=O)OC(C)(C)C)CC2)C(=O)Nc2ccc(C3=CCC=N3)cc2)cc1. The number of allylic oxidation sites excluding steroid dienone is 1. The van der Waals surface area contributed by atoms with Crippen LogP contribution in [0.3, 0.4) is 0 Å². The molecule has 0 spiro atoms. The number of benzene rings is 3. The largest absolute Gasteiger partial charge is 0.444 e. The zero-order valence-electron chi connectivity index (χ0n) is 38.1. The number of likely N-dealkylation sites (tertiary alicyclic amines) is 1. The first kappa shape index (κ1) is 46.7. The Kier molecular flexibility index (Phi) is 15.3. The number of aliphatic imine (C=N–C) groups is 1. The first-order valence-corrected chi connectivity index (χ1v) is 22.5. The summed E-state index contributed by atoms with van der Waals surface area (Å²) in [4.78, 5) is 72.0. The zero-order chi connectivity index (χ0) is 45.3. The first-order valence-electron chi connectivity index (χ1n) is 22.5. The van der Waals surface area contributed by atoms with E-state index in [1.807, 2.05) is 121 Å². The van der Waals surface area contributed by atoms with Gasteiger partial charge in [-0.15, -0.1) is 0 Å². The quantitative estimate of drug-likeness (QED) is 0.155. The van der Waals surface area contributed by atoms with E-state index in [1.165, 1.54) is 0 Å². The van der Waals surface area contributed by atoms with Crippen LogP contribution in [-0.4, -0.2) is 77.8 Å². The van der Waals surface area contributed by atoms with E-state index in [2.05, 4.69) is 27.0 Å². The average molecular weight is 860 g/mol. The van der Waals surface area contributed by atoms with Gasteiger partial charge in [-0.2, -0.15) is 0 Å². The molecule has 1 aliphatic carbocycles. The highest BCUT2D eigenvalue weighted by Crippen LogP contribution is 2.32. The van der Waals surface area contributed by atoms with Gasteiger partial charge in [0.25, 0.3) is 5.91 Å². The molecule has 0 radical (unpaired) electrons. The van der Waals surface area contributed by atoms with Crippen LogP contribution in [-0.2, 0) is 25.5 Å². The van der Waals surface area contributed by atoms with Crippen molar-refractivity contribution in [2.75, 3.05) is 25.0 Å². The second-order valence-electron chi connectivity index (χ2n) is 19.3. The van der Waals surface area contributed by atoms with Crippen LogP contribution in [0.15, 0.2) is 77.8 Å². The maximum Gasteiger partial charge on any atom is 0.410 e. The van der Waals surface area contributed by atoms with Gasteiger partial charge in [-0.1, -0.05) is 48.5 Å². The third kappa shape index (κ3) is 13.9. The molecule has 0 aromatic heterocycles. The molecular formula is C51H65N5O7. The van der Waals surface area contributed by atoms with Crippen LogP contribution in [0.1, 0.15) is 120 Å². The second-order valence-corrected chi connectivity index (χ2v) is 19.3. The monoisotopic (exact) mass is 859 g/mol. The molecule has 3 aromatic carbocycles. The minimum Gasteiger partial charge on any atom is -0.444 e. The van der Waals surface area contributed by atoms with Gasteiger partial charge < -0.3 is 30.3 Å². The molecule has 336 valence electrons. The second kappa shape index (κ2) is 20.6. The van der Waals surface area contributed by atoms with Gasteiger partial charge in [0.15, 0.2) is 0 Å². The van der Waals surface area contributed by atoms with E-state index >= 15 is 0 Å². The van der Waals surface area contributed by atoms with E-state index in [9.17, 15) is 24.0 Å². The van der Waals surface area contributed by atoms with E-state index < -0.39 is 23.2 Å². The lowest BCUT2D eigenvalue weighted by Crippen LogP contribution is -2.47. The molecule has 2 aliphatic heterocycles. The zero-order valence-corrected chi connectivity index (χ0v) is 38.1. The molecule has 4 amide bonds. The lowest BCUT2D eigenvalue weighted by atomic mass is 9.77. The summed E-state index contributed by atoms with van der Waals surface area (Å²) < 4.78 is 10.9. The summed E-state index contributed by atoms with van der Waals surface area (Å²) >= 11 is 0. The summed E-state index contributed by atoms with van der Waals surface area (Å²) in [5, 5.41) is 9.11. The van der Waals surface area contributed by atoms with Gasteiger partial charge in [0.2, 0.25) is 5.91 Å². The van der Waals surface area contributed by atoms with Gasteiger partial charge >= 0.3 is 12.2 Å². The van der Waals surface area contributed by atoms with Crippen molar-refractivity contribution in [3.05, 3.63) is 95.1 Å². The Morgan fingerprint density at radius 1 is 0.794 bits per heavy atom. The Morgan fingerprint density at radius 2 is 1.44 bits per heavy atom. The Bertz CT molecular complexity index is 2170. The average Bonchev–Trinajstić information content (AvgIpc) is 3.78. The fourth-order valence-corrected chi connectivity index (χ4v) is 8.46. The Balaban J connectivity index is 1.07. The number of carbonyl (C=O) groups is 5. The summed E-state index contributed by atoms with van der Waals surface area (Å²) in [5.74, 6) is -0.698. The number of ketones is 1.